The quantitative estimate of drug-likeness (QED) is 0.751. The molecule has 15 heavy (non-hydrogen) atoms. The molecule has 0 aromatic heterocycles. The van der Waals surface area contributed by atoms with E-state index in [1.807, 2.05) is 7.11 Å². The molecular formula is C12H24N2O. The summed E-state index contributed by atoms with van der Waals surface area (Å²) < 4.78 is 5.48. The van der Waals surface area contributed by atoms with Crippen LogP contribution in [0.3, 0.4) is 0 Å². The molecule has 2 rings (SSSR count). The molecule has 2 unspecified atom stereocenters. The first-order chi connectivity index (χ1) is 7.29. The number of ether oxygens (including phenoxy) is 1. The molecule has 88 valence electrons. The zero-order chi connectivity index (χ0) is 10.7. The van der Waals surface area contributed by atoms with Crippen LogP contribution in [-0.4, -0.2) is 43.3 Å². The molecule has 1 aliphatic carbocycles. The Morgan fingerprint density at radius 3 is 2.53 bits per heavy atom. The Morgan fingerprint density at radius 2 is 1.87 bits per heavy atom. The fourth-order valence-electron chi connectivity index (χ4n) is 2.95. The highest BCUT2D eigenvalue weighted by atomic mass is 16.5. The number of hydrogen-bond acceptors (Lipinski definition) is 3. The van der Waals surface area contributed by atoms with Gasteiger partial charge in [-0.3, -0.25) is 0 Å². The van der Waals surface area contributed by atoms with Crippen LogP contribution in [0.1, 0.15) is 38.5 Å². The summed E-state index contributed by atoms with van der Waals surface area (Å²) in [7, 11) is 1.85. The van der Waals surface area contributed by atoms with Crippen LogP contribution in [0.5, 0.6) is 0 Å². The van der Waals surface area contributed by atoms with E-state index in [1.54, 1.807) is 0 Å². The number of nitrogens with two attached hydrogens (primary N) is 1. The number of hydrogen-bond donors (Lipinski definition) is 1. The van der Waals surface area contributed by atoms with Gasteiger partial charge in [0.25, 0.3) is 0 Å². The van der Waals surface area contributed by atoms with Crippen molar-refractivity contribution in [3.8, 4) is 0 Å². The number of nitrogens with zero attached hydrogens (tertiary/aromatic N) is 1. The Kier molecular flexibility index (Phi) is 4.00. The number of methoxy groups -OCH3 is 1. The summed E-state index contributed by atoms with van der Waals surface area (Å²) in [6.45, 7) is 2.39. The Hall–Kier alpha value is -0.120. The number of likely N-dealkylation sites (tertiary alicyclic amines) is 1. The van der Waals surface area contributed by atoms with Gasteiger partial charge in [0, 0.05) is 19.2 Å². The molecule has 1 saturated heterocycles. The molecule has 1 saturated carbocycles. The van der Waals surface area contributed by atoms with E-state index < -0.39 is 0 Å². The average molecular weight is 212 g/mol. The maximum absolute atomic E-state index is 5.93. The Bertz CT molecular complexity index is 190. The van der Waals surface area contributed by atoms with Crippen molar-refractivity contribution in [1.82, 2.24) is 4.90 Å². The van der Waals surface area contributed by atoms with Crippen LogP contribution >= 0.6 is 0 Å². The molecule has 2 fully saturated rings. The van der Waals surface area contributed by atoms with E-state index >= 15 is 0 Å². The molecule has 0 amide bonds. The number of piperidine rings is 1. The third-order valence-electron chi connectivity index (χ3n) is 4.02. The highest BCUT2D eigenvalue weighted by Gasteiger charge is 2.28. The van der Waals surface area contributed by atoms with Crippen LogP contribution in [0, 0.1) is 0 Å². The standard InChI is InChI=1S/C12H24N2O/c1-15-12-4-2-3-11(9-12)14-7-5-10(13)6-8-14/h10-12H,2-9,13H2,1H3. The first-order valence-corrected chi connectivity index (χ1v) is 6.32. The molecule has 0 aromatic carbocycles. The zero-order valence-corrected chi connectivity index (χ0v) is 9.82. The van der Waals surface area contributed by atoms with E-state index in [1.165, 1.54) is 51.6 Å². The van der Waals surface area contributed by atoms with E-state index in [0.717, 1.165) is 6.04 Å². The van der Waals surface area contributed by atoms with E-state index in [-0.39, 0.29) is 0 Å². The van der Waals surface area contributed by atoms with Gasteiger partial charge in [0.15, 0.2) is 0 Å². The van der Waals surface area contributed by atoms with Gasteiger partial charge in [0.1, 0.15) is 0 Å². The molecule has 3 heteroatoms. The smallest absolute Gasteiger partial charge is 0.0586 e. The van der Waals surface area contributed by atoms with Crippen molar-refractivity contribution in [1.29, 1.82) is 0 Å². The van der Waals surface area contributed by atoms with Gasteiger partial charge in [0.05, 0.1) is 6.10 Å². The predicted molar refractivity (Wildman–Crippen MR) is 61.8 cm³/mol. The van der Waals surface area contributed by atoms with Crippen LogP contribution in [0.25, 0.3) is 0 Å². The second-order valence-electron chi connectivity index (χ2n) is 5.05. The van der Waals surface area contributed by atoms with Gasteiger partial charge in [-0.25, -0.2) is 0 Å². The van der Waals surface area contributed by atoms with E-state index in [4.69, 9.17) is 10.5 Å². The van der Waals surface area contributed by atoms with Gasteiger partial charge >= 0.3 is 0 Å². The highest BCUT2D eigenvalue weighted by molar-refractivity contribution is 4.84. The highest BCUT2D eigenvalue weighted by Crippen LogP contribution is 2.26. The summed E-state index contributed by atoms with van der Waals surface area (Å²) in [6.07, 6.45) is 8.01. The van der Waals surface area contributed by atoms with Crippen molar-refractivity contribution in [2.24, 2.45) is 5.73 Å². The minimum absolute atomic E-state index is 0.447. The van der Waals surface area contributed by atoms with Crippen molar-refractivity contribution in [3.63, 3.8) is 0 Å². The van der Waals surface area contributed by atoms with Gasteiger partial charge in [-0.05, 0) is 51.6 Å². The van der Waals surface area contributed by atoms with Gasteiger partial charge in [-0.2, -0.15) is 0 Å². The maximum atomic E-state index is 5.93. The molecule has 3 nitrogen and oxygen atoms in total. The summed E-state index contributed by atoms with van der Waals surface area (Å²) in [4.78, 5) is 2.63. The molecule has 0 spiro atoms. The van der Waals surface area contributed by atoms with Crippen molar-refractivity contribution in [2.75, 3.05) is 20.2 Å². The van der Waals surface area contributed by atoms with E-state index in [0.29, 0.717) is 12.1 Å². The molecule has 2 aliphatic rings. The Labute approximate surface area is 93.0 Å². The summed E-state index contributed by atoms with van der Waals surface area (Å²) in [5.74, 6) is 0. The molecule has 0 bridgehead atoms. The normalized spacial score (nSPS) is 35.6. The minimum Gasteiger partial charge on any atom is -0.381 e. The lowest BCUT2D eigenvalue weighted by Crippen LogP contribution is -2.47. The van der Waals surface area contributed by atoms with Crippen molar-refractivity contribution in [3.05, 3.63) is 0 Å². The number of rotatable bonds is 2. The lowest BCUT2D eigenvalue weighted by molar-refractivity contribution is 0.0212. The summed E-state index contributed by atoms with van der Waals surface area (Å²) in [6, 6.07) is 1.21. The fraction of sp³-hybridized carbons (Fsp3) is 1.00. The van der Waals surface area contributed by atoms with Gasteiger partial charge in [-0.15, -0.1) is 0 Å². The summed E-state index contributed by atoms with van der Waals surface area (Å²) >= 11 is 0. The van der Waals surface area contributed by atoms with Gasteiger partial charge in [-0.1, -0.05) is 0 Å². The maximum Gasteiger partial charge on any atom is 0.0586 e. The molecule has 2 N–H and O–H groups in total. The molecule has 0 aromatic rings. The monoisotopic (exact) mass is 212 g/mol. The van der Waals surface area contributed by atoms with Crippen molar-refractivity contribution >= 4 is 0 Å². The first-order valence-electron chi connectivity index (χ1n) is 6.32. The fourth-order valence-corrected chi connectivity index (χ4v) is 2.95. The van der Waals surface area contributed by atoms with Gasteiger partial charge in [0.2, 0.25) is 0 Å². The SMILES string of the molecule is COC1CCCC(N2CCC(N)CC2)C1. The lowest BCUT2D eigenvalue weighted by Gasteiger charge is -2.40. The minimum atomic E-state index is 0.447. The molecule has 2 atom stereocenters. The third-order valence-corrected chi connectivity index (χ3v) is 4.02. The second-order valence-corrected chi connectivity index (χ2v) is 5.05. The Balaban J connectivity index is 1.82. The van der Waals surface area contributed by atoms with Crippen molar-refractivity contribution in [2.45, 2.75) is 56.7 Å². The third kappa shape index (κ3) is 2.92. The Morgan fingerprint density at radius 1 is 1.13 bits per heavy atom. The summed E-state index contributed by atoms with van der Waals surface area (Å²) in [5.41, 5.74) is 5.93. The van der Waals surface area contributed by atoms with Crippen LogP contribution in [0.4, 0.5) is 0 Å². The van der Waals surface area contributed by atoms with Crippen LogP contribution in [0.15, 0.2) is 0 Å². The first kappa shape index (κ1) is 11.4. The van der Waals surface area contributed by atoms with E-state index in [9.17, 15) is 0 Å². The van der Waals surface area contributed by atoms with Crippen LogP contribution < -0.4 is 5.73 Å². The van der Waals surface area contributed by atoms with E-state index in [2.05, 4.69) is 4.90 Å². The summed E-state index contributed by atoms with van der Waals surface area (Å²) in [5, 5.41) is 0. The van der Waals surface area contributed by atoms with Crippen molar-refractivity contribution < 1.29 is 4.74 Å². The molecule has 1 heterocycles. The predicted octanol–water partition coefficient (Wildman–Crippen LogP) is 1.37. The largest absolute Gasteiger partial charge is 0.381 e. The van der Waals surface area contributed by atoms with Crippen LogP contribution in [0.2, 0.25) is 0 Å². The van der Waals surface area contributed by atoms with Crippen LogP contribution in [-0.2, 0) is 4.74 Å². The molecule has 0 radical (unpaired) electrons. The average Bonchev–Trinajstić information content (AvgIpc) is 2.30. The second kappa shape index (κ2) is 5.28. The lowest BCUT2D eigenvalue weighted by atomic mass is 9.90. The molecular weight excluding hydrogens is 188 g/mol. The van der Waals surface area contributed by atoms with Gasteiger partial charge < -0.3 is 15.4 Å². The topological polar surface area (TPSA) is 38.5 Å². The molecule has 1 aliphatic heterocycles. The zero-order valence-electron chi connectivity index (χ0n) is 9.82.